The third-order valence-corrected chi connectivity index (χ3v) is 4.63. The van der Waals surface area contributed by atoms with Crippen molar-refractivity contribution < 1.29 is 19.2 Å². The molecule has 138 valence electrons. The highest BCUT2D eigenvalue weighted by Gasteiger charge is 2.28. The number of nitrogens with zero attached hydrogens (tertiary/aromatic N) is 1. The van der Waals surface area contributed by atoms with Gasteiger partial charge in [0.2, 0.25) is 0 Å². The standard InChI is InChI=1S/C22H15NO5/c24-22(25)19(14-7-3-1-4-8-14)16-11-12-18-17(13-16)20(21(28-18)23(26)27)15-9-5-2-6-10-15/h1-13,19H,(H,24,25). The smallest absolute Gasteiger partial charge is 0.442 e. The number of rotatable bonds is 5. The monoisotopic (exact) mass is 373 g/mol. The number of benzene rings is 3. The van der Waals surface area contributed by atoms with Crippen LogP contribution in [-0.2, 0) is 4.79 Å². The molecule has 4 rings (SSSR count). The van der Waals surface area contributed by atoms with E-state index in [-0.39, 0.29) is 5.88 Å². The lowest BCUT2D eigenvalue weighted by Gasteiger charge is -2.13. The van der Waals surface area contributed by atoms with Gasteiger partial charge in [0.1, 0.15) is 22.0 Å². The zero-order valence-corrected chi connectivity index (χ0v) is 14.6. The highest BCUT2D eigenvalue weighted by Crippen LogP contribution is 2.41. The number of carbonyl (C=O) groups is 1. The number of hydrogen-bond donors (Lipinski definition) is 1. The van der Waals surface area contributed by atoms with Crippen LogP contribution in [0.2, 0.25) is 0 Å². The molecule has 0 fully saturated rings. The molecule has 0 saturated heterocycles. The Balaban J connectivity index is 1.96. The Morgan fingerprint density at radius 2 is 1.57 bits per heavy atom. The van der Waals surface area contributed by atoms with Crippen LogP contribution in [0.3, 0.4) is 0 Å². The van der Waals surface area contributed by atoms with E-state index in [1.54, 1.807) is 66.7 Å². The van der Waals surface area contributed by atoms with Gasteiger partial charge >= 0.3 is 11.9 Å². The van der Waals surface area contributed by atoms with Gasteiger partial charge in [-0.15, -0.1) is 0 Å². The minimum absolute atomic E-state index is 0.339. The molecule has 0 aliphatic rings. The lowest BCUT2D eigenvalue weighted by atomic mass is 9.90. The van der Waals surface area contributed by atoms with Gasteiger partial charge in [-0.2, -0.15) is 0 Å². The third-order valence-electron chi connectivity index (χ3n) is 4.63. The molecule has 6 heteroatoms. The summed E-state index contributed by atoms with van der Waals surface area (Å²) in [5, 5.41) is 21.8. The molecular formula is C22H15NO5. The molecule has 1 aromatic heterocycles. The van der Waals surface area contributed by atoms with Crippen LogP contribution in [0.1, 0.15) is 17.0 Å². The number of aliphatic carboxylic acids is 1. The van der Waals surface area contributed by atoms with Crippen molar-refractivity contribution >= 4 is 22.8 Å². The zero-order valence-electron chi connectivity index (χ0n) is 14.6. The van der Waals surface area contributed by atoms with Crippen LogP contribution >= 0.6 is 0 Å². The van der Waals surface area contributed by atoms with E-state index < -0.39 is 16.8 Å². The summed E-state index contributed by atoms with van der Waals surface area (Å²) in [6.45, 7) is 0. The van der Waals surface area contributed by atoms with Crippen molar-refractivity contribution in [3.8, 4) is 11.1 Å². The summed E-state index contributed by atoms with van der Waals surface area (Å²) in [5.74, 6) is -2.24. The van der Waals surface area contributed by atoms with Crippen LogP contribution in [0.4, 0.5) is 5.88 Å². The van der Waals surface area contributed by atoms with Gasteiger partial charge in [0.05, 0.1) is 0 Å². The minimum Gasteiger partial charge on any atom is -0.481 e. The second-order valence-corrected chi connectivity index (χ2v) is 6.34. The predicted molar refractivity (Wildman–Crippen MR) is 104 cm³/mol. The second kappa shape index (κ2) is 7.00. The number of nitro groups is 1. The highest BCUT2D eigenvalue weighted by molar-refractivity contribution is 5.99. The summed E-state index contributed by atoms with van der Waals surface area (Å²) >= 11 is 0. The Bertz CT molecular complexity index is 1170. The van der Waals surface area contributed by atoms with E-state index in [0.29, 0.717) is 33.2 Å². The summed E-state index contributed by atoms with van der Waals surface area (Å²) in [7, 11) is 0. The van der Waals surface area contributed by atoms with E-state index in [1.165, 1.54) is 0 Å². The van der Waals surface area contributed by atoms with E-state index in [0.717, 1.165) is 0 Å². The molecule has 0 amide bonds. The van der Waals surface area contributed by atoms with Gasteiger partial charge in [-0.3, -0.25) is 14.9 Å². The number of fused-ring (bicyclic) bond motifs is 1. The van der Waals surface area contributed by atoms with Crippen molar-refractivity contribution in [1.82, 2.24) is 0 Å². The van der Waals surface area contributed by atoms with Gasteiger partial charge in [0, 0.05) is 5.39 Å². The molecule has 6 nitrogen and oxygen atoms in total. The summed E-state index contributed by atoms with van der Waals surface area (Å²) in [6.07, 6.45) is 0. The first kappa shape index (κ1) is 17.5. The van der Waals surface area contributed by atoms with Gasteiger partial charge < -0.3 is 9.52 Å². The van der Waals surface area contributed by atoms with Gasteiger partial charge in [-0.1, -0.05) is 66.7 Å². The topological polar surface area (TPSA) is 93.6 Å². The Morgan fingerprint density at radius 3 is 2.18 bits per heavy atom. The average molecular weight is 373 g/mol. The number of carboxylic acids is 1. The first-order chi connectivity index (χ1) is 13.6. The maximum absolute atomic E-state index is 12.0. The van der Waals surface area contributed by atoms with Gasteiger partial charge in [0.15, 0.2) is 0 Å². The second-order valence-electron chi connectivity index (χ2n) is 6.34. The van der Waals surface area contributed by atoms with E-state index >= 15 is 0 Å². The molecule has 1 heterocycles. The van der Waals surface area contributed by atoms with E-state index in [4.69, 9.17) is 4.42 Å². The van der Waals surface area contributed by atoms with Crippen molar-refractivity contribution in [2.75, 3.05) is 0 Å². The van der Waals surface area contributed by atoms with Crippen molar-refractivity contribution in [3.63, 3.8) is 0 Å². The Kier molecular flexibility index (Phi) is 4.37. The molecule has 1 unspecified atom stereocenters. The van der Waals surface area contributed by atoms with Crippen LogP contribution in [0.15, 0.2) is 83.3 Å². The summed E-state index contributed by atoms with van der Waals surface area (Å²) in [4.78, 5) is 22.9. The van der Waals surface area contributed by atoms with Crippen LogP contribution in [0.25, 0.3) is 22.1 Å². The molecule has 0 bridgehead atoms. The van der Waals surface area contributed by atoms with E-state index in [9.17, 15) is 20.0 Å². The quantitative estimate of drug-likeness (QED) is 0.382. The lowest BCUT2D eigenvalue weighted by molar-refractivity contribution is -0.400. The lowest BCUT2D eigenvalue weighted by Crippen LogP contribution is -2.12. The molecule has 4 aromatic rings. The fourth-order valence-corrected chi connectivity index (χ4v) is 3.42. The predicted octanol–water partition coefficient (Wildman–Crippen LogP) is 5.22. The maximum atomic E-state index is 12.0. The summed E-state index contributed by atoms with van der Waals surface area (Å²) in [6, 6.07) is 22.7. The third kappa shape index (κ3) is 3.01. The molecule has 0 aliphatic heterocycles. The van der Waals surface area contributed by atoms with Crippen molar-refractivity contribution in [3.05, 3.63) is 100 Å². The first-order valence-electron chi connectivity index (χ1n) is 8.60. The number of furan rings is 1. The summed E-state index contributed by atoms with van der Waals surface area (Å²) in [5.41, 5.74) is 2.48. The fraction of sp³-hybridized carbons (Fsp3) is 0.0455. The maximum Gasteiger partial charge on any atom is 0.442 e. The first-order valence-corrected chi connectivity index (χ1v) is 8.60. The Hall–Kier alpha value is -3.93. The average Bonchev–Trinajstić information content (AvgIpc) is 3.08. The summed E-state index contributed by atoms with van der Waals surface area (Å²) < 4.78 is 5.47. The van der Waals surface area contributed by atoms with Crippen molar-refractivity contribution in [2.45, 2.75) is 5.92 Å². The largest absolute Gasteiger partial charge is 0.481 e. The molecule has 0 spiro atoms. The van der Waals surface area contributed by atoms with Crippen LogP contribution in [0, 0.1) is 10.1 Å². The zero-order chi connectivity index (χ0) is 19.7. The molecule has 1 N–H and O–H groups in total. The number of hydrogen-bond acceptors (Lipinski definition) is 4. The van der Waals surface area contributed by atoms with E-state index in [2.05, 4.69) is 0 Å². The molecular weight excluding hydrogens is 358 g/mol. The van der Waals surface area contributed by atoms with Crippen molar-refractivity contribution in [1.29, 1.82) is 0 Å². The fourth-order valence-electron chi connectivity index (χ4n) is 3.42. The SMILES string of the molecule is O=C(O)C(c1ccccc1)c1ccc2oc([N+](=O)[O-])c(-c3ccccc3)c2c1. The normalized spacial score (nSPS) is 12.0. The van der Waals surface area contributed by atoms with Crippen LogP contribution < -0.4 is 0 Å². The Morgan fingerprint density at radius 1 is 0.929 bits per heavy atom. The molecule has 0 radical (unpaired) electrons. The van der Waals surface area contributed by atoms with E-state index in [1.807, 2.05) is 12.1 Å². The van der Waals surface area contributed by atoms with Crippen LogP contribution in [0.5, 0.6) is 0 Å². The molecule has 28 heavy (non-hydrogen) atoms. The highest BCUT2D eigenvalue weighted by atomic mass is 16.6. The van der Waals surface area contributed by atoms with Gasteiger partial charge in [0.25, 0.3) is 0 Å². The molecule has 0 saturated carbocycles. The van der Waals surface area contributed by atoms with Crippen LogP contribution in [-0.4, -0.2) is 16.0 Å². The van der Waals surface area contributed by atoms with Crippen molar-refractivity contribution in [2.24, 2.45) is 0 Å². The van der Waals surface area contributed by atoms with Gasteiger partial charge in [-0.25, -0.2) is 0 Å². The molecule has 1 atom stereocenters. The molecule has 3 aromatic carbocycles. The molecule has 0 aliphatic carbocycles. The minimum atomic E-state index is -0.996. The number of carboxylic acid groups (broad SMARTS) is 1. The Labute approximate surface area is 159 Å². The van der Waals surface area contributed by atoms with Gasteiger partial charge in [-0.05, 0) is 28.8 Å².